The van der Waals surface area contributed by atoms with Crippen LogP contribution in [0.4, 0.5) is 17.1 Å². The smallest absolute Gasteiger partial charge is 0.0708 e. The SMILES string of the molecule is c1ccc(N(c2ccc(-c3ccc(-c4ccccn4)c4ccccc34)cc2)c2cc(-c3cccc4ccccc34)c3ccccc3c2)cc1. The molecule has 0 radical (unpaired) electrons. The summed E-state index contributed by atoms with van der Waals surface area (Å²) < 4.78 is 0. The molecule has 0 saturated heterocycles. The van der Waals surface area contributed by atoms with Crippen LogP contribution < -0.4 is 4.90 Å². The highest BCUT2D eigenvalue weighted by atomic mass is 15.1. The number of anilines is 3. The Morgan fingerprint density at radius 3 is 1.67 bits per heavy atom. The van der Waals surface area contributed by atoms with Gasteiger partial charge in [-0.2, -0.15) is 0 Å². The molecule has 230 valence electrons. The number of benzene rings is 8. The van der Waals surface area contributed by atoms with Gasteiger partial charge in [-0.1, -0.05) is 140 Å². The Morgan fingerprint density at radius 2 is 0.918 bits per heavy atom. The van der Waals surface area contributed by atoms with Crippen LogP contribution in [0.25, 0.3) is 65.8 Å². The van der Waals surface area contributed by atoms with Crippen LogP contribution in [0, 0.1) is 0 Å². The van der Waals surface area contributed by atoms with E-state index in [4.69, 9.17) is 0 Å². The van der Waals surface area contributed by atoms with Gasteiger partial charge < -0.3 is 4.90 Å². The maximum Gasteiger partial charge on any atom is 0.0708 e. The van der Waals surface area contributed by atoms with Crippen molar-refractivity contribution in [2.24, 2.45) is 0 Å². The first kappa shape index (κ1) is 28.7. The number of nitrogens with zero attached hydrogens (tertiary/aromatic N) is 2. The lowest BCUT2D eigenvalue weighted by Crippen LogP contribution is -2.10. The standard InChI is InChI=1S/C47H32N2/c1-2-16-36(17-3-1)49(38-31-35-14-5-7-19-40(35)46(32-38)43-22-12-15-33-13-4-6-18-39(33)43)37-26-24-34(25-27-37)41-28-29-45(47-23-10-11-30-48-47)44-21-9-8-20-42(41)44/h1-32H. The number of rotatable bonds is 6. The summed E-state index contributed by atoms with van der Waals surface area (Å²) in [5.41, 5.74) is 10.3. The summed E-state index contributed by atoms with van der Waals surface area (Å²) in [6.45, 7) is 0. The molecule has 0 aliphatic heterocycles. The topological polar surface area (TPSA) is 16.1 Å². The Bertz CT molecular complexity index is 2590. The molecule has 9 rings (SSSR count). The summed E-state index contributed by atoms with van der Waals surface area (Å²) in [6, 6.07) is 67.5. The van der Waals surface area contributed by atoms with Crippen LogP contribution in [0.1, 0.15) is 0 Å². The lowest BCUT2D eigenvalue weighted by molar-refractivity contribution is 1.29. The van der Waals surface area contributed by atoms with E-state index in [9.17, 15) is 0 Å². The van der Waals surface area contributed by atoms with E-state index in [0.29, 0.717) is 0 Å². The molecule has 0 unspecified atom stereocenters. The number of hydrogen-bond donors (Lipinski definition) is 0. The maximum absolute atomic E-state index is 4.64. The number of fused-ring (bicyclic) bond motifs is 3. The van der Waals surface area contributed by atoms with Gasteiger partial charge in [0, 0.05) is 28.8 Å². The average molecular weight is 625 g/mol. The van der Waals surface area contributed by atoms with Crippen LogP contribution >= 0.6 is 0 Å². The van der Waals surface area contributed by atoms with Crippen LogP contribution in [-0.4, -0.2) is 4.98 Å². The van der Waals surface area contributed by atoms with Gasteiger partial charge in [-0.15, -0.1) is 0 Å². The summed E-state index contributed by atoms with van der Waals surface area (Å²) in [7, 11) is 0. The fourth-order valence-electron chi connectivity index (χ4n) is 7.22. The van der Waals surface area contributed by atoms with E-state index in [1.807, 2.05) is 18.3 Å². The van der Waals surface area contributed by atoms with Gasteiger partial charge in [-0.25, -0.2) is 0 Å². The molecule has 0 aliphatic carbocycles. The van der Waals surface area contributed by atoms with Crippen molar-refractivity contribution in [1.29, 1.82) is 0 Å². The molecule has 8 aromatic carbocycles. The molecule has 1 heterocycles. The van der Waals surface area contributed by atoms with Crippen LogP contribution in [0.5, 0.6) is 0 Å². The monoisotopic (exact) mass is 624 g/mol. The van der Waals surface area contributed by atoms with Crippen LogP contribution in [0.3, 0.4) is 0 Å². The van der Waals surface area contributed by atoms with Crippen molar-refractivity contribution >= 4 is 49.4 Å². The minimum Gasteiger partial charge on any atom is -0.310 e. The van der Waals surface area contributed by atoms with Crippen LogP contribution in [0.15, 0.2) is 194 Å². The molecule has 0 saturated carbocycles. The molecule has 0 amide bonds. The largest absolute Gasteiger partial charge is 0.310 e. The van der Waals surface area contributed by atoms with Gasteiger partial charge in [-0.05, 0) is 103 Å². The van der Waals surface area contributed by atoms with Gasteiger partial charge in [0.15, 0.2) is 0 Å². The van der Waals surface area contributed by atoms with E-state index in [0.717, 1.165) is 28.3 Å². The van der Waals surface area contributed by atoms with Gasteiger partial charge in [0.1, 0.15) is 0 Å². The van der Waals surface area contributed by atoms with Crippen molar-refractivity contribution in [3.8, 4) is 33.5 Å². The predicted octanol–water partition coefficient (Wildman–Crippen LogP) is 13.0. The molecule has 0 fully saturated rings. The number of aromatic nitrogens is 1. The molecule has 0 atom stereocenters. The van der Waals surface area contributed by atoms with Gasteiger partial charge in [0.2, 0.25) is 0 Å². The average Bonchev–Trinajstić information content (AvgIpc) is 3.18. The van der Waals surface area contributed by atoms with Crippen molar-refractivity contribution in [2.45, 2.75) is 0 Å². The first-order chi connectivity index (χ1) is 24.3. The van der Waals surface area contributed by atoms with E-state index >= 15 is 0 Å². The van der Waals surface area contributed by atoms with Gasteiger partial charge in [0.05, 0.1) is 5.69 Å². The van der Waals surface area contributed by atoms with Gasteiger partial charge >= 0.3 is 0 Å². The summed E-state index contributed by atoms with van der Waals surface area (Å²) in [4.78, 5) is 7.01. The molecule has 0 N–H and O–H groups in total. The summed E-state index contributed by atoms with van der Waals surface area (Å²) in [5.74, 6) is 0. The second-order valence-corrected chi connectivity index (χ2v) is 12.4. The highest BCUT2D eigenvalue weighted by molar-refractivity contribution is 6.08. The Labute approximate surface area is 286 Å². The minimum atomic E-state index is 0.984. The number of hydrogen-bond acceptors (Lipinski definition) is 2. The Balaban J connectivity index is 1.19. The molecule has 2 heteroatoms. The maximum atomic E-state index is 4.64. The zero-order valence-electron chi connectivity index (χ0n) is 26.9. The molecule has 2 nitrogen and oxygen atoms in total. The van der Waals surface area contributed by atoms with E-state index < -0.39 is 0 Å². The highest BCUT2D eigenvalue weighted by Gasteiger charge is 2.17. The first-order valence-electron chi connectivity index (χ1n) is 16.7. The normalized spacial score (nSPS) is 11.3. The zero-order chi connectivity index (χ0) is 32.6. The van der Waals surface area contributed by atoms with Crippen molar-refractivity contribution < 1.29 is 0 Å². The molecule has 1 aromatic heterocycles. The molecular weight excluding hydrogens is 593 g/mol. The minimum absolute atomic E-state index is 0.984. The fourth-order valence-corrected chi connectivity index (χ4v) is 7.22. The summed E-state index contributed by atoms with van der Waals surface area (Å²) >= 11 is 0. The fraction of sp³-hybridized carbons (Fsp3) is 0. The van der Waals surface area contributed by atoms with E-state index in [-0.39, 0.29) is 0 Å². The molecule has 0 spiro atoms. The molecule has 0 bridgehead atoms. The molecular formula is C47H32N2. The Hall–Kier alpha value is -6.51. The third-order valence-electron chi connectivity index (χ3n) is 9.50. The third-order valence-corrected chi connectivity index (χ3v) is 9.50. The molecule has 9 aromatic rings. The van der Waals surface area contributed by atoms with Crippen LogP contribution in [0.2, 0.25) is 0 Å². The van der Waals surface area contributed by atoms with E-state index in [1.165, 1.54) is 54.6 Å². The summed E-state index contributed by atoms with van der Waals surface area (Å²) in [5, 5.41) is 7.36. The molecule has 0 aliphatic rings. The Kier molecular flexibility index (Phi) is 7.18. The molecule has 49 heavy (non-hydrogen) atoms. The van der Waals surface area contributed by atoms with E-state index in [2.05, 4.69) is 186 Å². The first-order valence-corrected chi connectivity index (χ1v) is 16.7. The second kappa shape index (κ2) is 12.3. The number of para-hydroxylation sites is 1. The summed E-state index contributed by atoms with van der Waals surface area (Å²) in [6.07, 6.45) is 1.86. The quantitative estimate of drug-likeness (QED) is 0.183. The van der Waals surface area contributed by atoms with Crippen molar-refractivity contribution in [2.75, 3.05) is 4.90 Å². The highest BCUT2D eigenvalue weighted by Crippen LogP contribution is 2.43. The van der Waals surface area contributed by atoms with Crippen molar-refractivity contribution in [3.63, 3.8) is 0 Å². The van der Waals surface area contributed by atoms with Gasteiger partial charge in [0.25, 0.3) is 0 Å². The zero-order valence-corrected chi connectivity index (χ0v) is 26.9. The number of pyridine rings is 1. The van der Waals surface area contributed by atoms with Crippen LogP contribution in [-0.2, 0) is 0 Å². The second-order valence-electron chi connectivity index (χ2n) is 12.4. The Morgan fingerprint density at radius 1 is 0.327 bits per heavy atom. The third kappa shape index (κ3) is 5.21. The lowest BCUT2D eigenvalue weighted by Gasteiger charge is -2.27. The predicted molar refractivity (Wildman–Crippen MR) is 208 cm³/mol. The lowest BCUT2D eigenvalue weighted by atomic mass is 9.92. The van der Waals surface area contributed by atoms with E-state index in [1.54, 1.807) is 0 Å². The van der Waals surface area contributed by atoms with Gasteiger partial charge in [-0.3, -0.25) is 4.98 Å². The van der Waals surface area contributed by atoms with Crippen molar-refractivity contribution in [1.82, 2.24) is 4.98 Å². The van der Waals surface area contributed by atoms with Crippen molar-refractivity contribution in [3.05, 3.63) is 194 Å².